The van der Waals surface area contributed by atoms with Gasteiger partial charge in [-0.25, -0.2) is 4.98 Å². The van der Waals surface area contributed by atoms with Gasteiger partial charge in [-0.05, 0) is 6.26 Å². The highest BCUT2D eigenvalue weighted by Gasteiger charge is 1.92. The van der Waals surface area contributed by atoms with Gasteiger partial charge >= 0.3 is 0 Å². The number of thioether (sulfide) groups is 1. The van der Waals surface area contributed by atoms with E-state index in [1.165, 1.54) is 28.7 Å². The molecule has 0 aliphatic heterocycles. The SMILES string of the molecule is CSc1cc(=O)n(C)cn1. The molecule has 3 nitrogen and oxygen atoms in total. The van der Waals surface area contributed by atoms with E-state index in [0.717, 1.165) is 5.03 Å². The lowest BCUT2D eigenvalue weighted by atomic mass is 10.6. The molecule has 0 saturated carbocycles. The molecular weight excluding hydrogens is 148 g/mol. The van der Waals surface area contributed by atoms with E-state index >= 15 is 0 Å². The molecule has 0 amide bonds. The van der Waals surface area contributed by atoms with Gasteiger partial charge in [0.15, 0.2) is 0 Å². The monoisotopic (exact) mass is 156 g/mol. The molecule has 1 heterocycles. The Morgan fingerprint density at radius 3 is 2.90 bits per heavy atom. The zero-order valence-corrected chi connectivity index (χ0v) is 6.68. The van der Waals surface area contributed by atoms with E-state index in [-0.39, 0.29) is 5.56 Å². The molecule has 0 aliphatic rings. The molecule has 0 bridgehead atoms. The summed E-state index contributed by atoms with van der Waals surface area (Å²) in [6, 6.07) is 1.52. The van der Waals surface area contributed by atoms with Gasteiger partial charge in [0.1, 0.15) is 5.03 Å². The Hall–Kier alpha value is -0.770. The van der Waals surface area contributed by atoms with Gasteiger partial charge < -0.3 is 4.57 Å². The third-order valence-electron chi connectivity index (χ3n) is 1.16. The predicted octanol–water partition coefficient (Wildman–Crippen LogP) is 0.502. The van der Waals surface area contributed by atoms with Crippen molar-refractivity contribution in [3.05, 3.63) is 22.7 Å². The minimum absolute atomic E-state index is 0.0145. The van der Waals surface area contributed by atoms with Crippen LogP contribution >= 0.6 is 11.8 Å². The van der Waals surface area contributed by atoms with Gasteiger partial charge in [0.05, 0.1) is 6.33 Å². The molecule has 1 rings (SSSR count). The summed E-state index contributed by atoms with van der Waals surface area (Å²) in [6.07, 6.45) is 3.41. The van der Waals surface area contributed by atoms with Crippen LogP contribution < -0.4 is 5.56 Å². The fraction of sp³-hybridized carbons (Fsp3) is 0.333. The second-order valence-electron chi connectivity index (χ2n) is 1.88. The summed E-state index contributed by atoms with van der Waals surface area (Å²) in [7, 11) is 1.68. The van der Waals surface area contributed by atoms with Crippen LogP contribution in [-0.4, -0.2) is 15.8 Å². The Labute approximate surface area is 63.1 Å². The van der Waals surface area contributed by atoms with Crippen LogP contribution in [0.1, 0.15) is 0 Å². The van der Waals surface area contributed by atoms with E-state index in [2.05, 4.69) is 4.98 Å². The van der Waals surface area contributed by atoms with Crippen molar-refractivity contribution in [1.29, 1.82) is 0 Å². The summed E-state index contributed by atoms with van der Waals surface area (Å²) in [5, 5.41) is 0.767. The lowest BCUT2D eigenvalue weighted by Gasteiger charge is -1.95. The molecule has 0 saturated heterocycles. The summed E-state index contributed by atoms with van der Waals surface area (Å²) in [6.45, 7) is 0. The standard InChI is InChI=1S/C6H8N2OS/c1-8-4-7-5(10-2)3-6(8)9/h3-4H,1-2H3. The molecule has 0 spiro atoms. The van der Waals surface area contributed by atoms with Crippen molar-refractivity contribution in [3.63, 3.8) is 0 Å². The second kappa shape index (κ2) is 2.88. The molecule has 0 aliphatic carbocycles. The van der Waals surface area contributed by atoms with Crippen molar-refractivity contribution < 1.29 is 0 Å². The van der Waals surface area contributed by atoms with Crippen LogP contribution in [0, 0.1) is 0 Å². The Morgan fingerprint density at radius 2 is 2.40 bits per heavy atom. The van der Waals surface area contributed by atoms with Gasteiger partial charge in [0.2, 0.25) is 0 Å². The summed E-state index contributed by atoms with van der Waals surface area (Å²) < 4.78 is 1.44. The first kappa shape index (κ1) is 7.34. The van der Waals surface area contributed by atoms with Gasteiger partial charge in [-0.2, -0.15) is 0 Å². The van der Waals surface area contributed by atoms with Gasteiger partial charge in [-0.15, -0.1) is 11.8 Å². The number of aromatic nitrogens is 2. The molecule has 0 fully saturated rings. The van der Waals surface area contributed by atoms with Gasteiger partial charge in [0, 0.05) is 13.1 Å². The quantitative estimate of drug-likeness (QED) is 0.439. The van der Waals surface area contributed by atoms with Crippen LogP contribution in [0.5, 0.6) is 0 Å². The van der Waals surface area contributed by atoms with Crippen molar-refractivity contribution in [2.24, 2.45) is 7.05 Å². The average molecular weight is 156 g/mol. The predicted molar refractivity (Wildman–Crippen MR) is 41.3 cm³/mol. The lowest BCUT2D eigenvalue weighted by Crippen LogP contribution is -2.15. The zero-order chi connectivity index (χ0) is 7.56. The third kappa shape index (κ3) is 1.39. The first-order chi connectivity index (χ1) is 4.74. The summed E-state index contributed by atoms with van der Waals surface area (Å²) in [5.74, 6) is 0. The lowest BCUT2D eigenvalue weighted by molar-refractivity contribution is 0.798. The summed E-state index contributed by atoms with van der Waals surface area (Å²) in [4.78, 5) is 14.9. The molecule has 10 heavy (non-hydrogen) atoms. The van der Waals surface area contributed by atoms with Crippen LogP contribution in [0.25, 0.3) is 0 Å². The van der Waals surface area contributed by atoms with Gasteiger partial charge in [-0.3, -0.25) is 4.79 Å². The maximum Gasteiger partial charge on any atom is 0.254 e. The van der Waals surface area contributed by atoms with E-state index in [9.17, 15) is 4.79 Å². The van der Waals surface area contributed by atoms with Crippen LogP contribution in [0.3, 0.4) is 0 Å². The Balaban J connectivity index is 3.17. The molecule has 4 heteroatoms. The topological polar surface area (TPSA) is 34.9 Å². The third-order valence-corrected chi connectivity index (χ3v) is 1.80. The minimum Gasteiger partial charge on any atom is -0.302 e. The first-order valence-corrected chi connectivity index (χ1v) is 4.03. The van der Waals surface area contributed by atoms with Crippen molar-refractivity contribution in [3.8, 4) is 0 Å². The Morgan fingerprint density at radius 1 is 1.70 bits per heavy atom. The highest BCUT2D eigenvalue weighted by Crippen LogP contribution is 2.05. The molecule has 0 unspecified atom stereocenters. The van der Waals surface area contributed by atoms with Crippen LogP contribution in [0.15, 0.2) is 22.2 Å². The maximum atomic E-state index is 10.9. The molecule has 0 aromatic carbocycles. The van der Waals surface area contributed by atoms with E-state index in [1.807, 2.05) is 6.26 Å². The van der Waals surface area contributed by atoms with E-state index in [4.69, 9.17) is 0 Å². The largest absolute Gasteiger partial charge is 0.302 e. The van der Waals surface area contributed by atoms with Crippen LogP contribution in [0.2, 0.25) is 0 Å². The normalized spacial score (nSPS) is 9.80. The minimum atomic E-state index is -0.0145. The molecule has 54 valence electrons. The number of aryl methyl sites for hydroxylation is 1. The molecule has 1 aromatic heterocycles. The van der Waals surface area contributed by atoms with Crippen molar-refractivity contribution in [1.82, 2.24) is 9.55 Å². The number of nitrogens with zero attached hydrogens (tertiary/aromatic N) is 2. The van der Waals surface area contributed by atoms with E-state index in [1.54, 1.807) is 7.05 Å². The molecule has 0 N–H and O–H groups in total. The van der Waals surface area contributed by atoms with Crippen LogP contribution in [-0.2, 0) is 7.05 Å². The molecular formula is C6H8N2OS. The van der Waals surface area contributed by atoms with Crippen molar-refractivity contribution in [2.75, 3.05) is 6.26 Å². The fourth-order valence-electron chi connectivity index (χ4n) is 0.557. The van der Waals surface area contributed by atoms with Gasteiger partial charge in [-0.1, -0.05) is 0 Å². The van der Waals surface area contributed by atoms with Crippen LogP contribution in [0.4, 0.5) is 0 Å². The first-order valence-electron chi connectivity index (χ1n) is 2.80. The number of rotatable bonds is 1. The highest BCUT2D eigenvalue weighted by molar-refractivity contribution is 7.98. The highest BCUT2D eigenvalue weighted by atomic mass is 32.2. The summed E-state index contributed by atoms with van der Waals surface area (Å²) >= 11 is 1.47. The van der Waals surface area contributed by atoms with Gasteiger partial charge in [0.25, 0.3) is 5.56 Å². The molecule has 0 radical (unpaired) electrons. The maximum absolute atomic E-state index is 10.9. The smallest absolute Gasteiger partial charge is 0.254 e. The van der Waals surface area contributed by atoms with E-state index < -0.39 is 0 Å². The Kier molecular flexibility index (Phi) is 2.11. The average Bonchev–Trinajstić information content (AvgIpc) is 1.95. The number of hydrogen-bond acceptors (Lipinski definition) is 3. The molecule has 0 atom stereocenters. The van der Waals surface area contributed by atoms with E-state index in [0.29, 0.717) is 0 Å². The van der Waals surface area contributed by atoms with Crippen molar-refractivity contribution in [2.45, 2.75) is 5.03 Å². The zero-order valence-electron chi connectivity index (χ0n) is 5.87. The second-order valence-corrected chi connectivity index (χ2v) is 2.71. The Bertz CT molecular complexity index is 281. The number of hydrogen-bond donors (Lipinski definition) is 0. The fourth-order valence-corrected chi connectivity index (χ4v) is 0.928. The molecule has 1 aromatic rings. The summed E-state index contributed by atoms with van der Waals surface area (Å²) in [5.41, 5.74) is -0.0145. The van der Waals surface area contributed by atoms with Crippen molar-refractivity contribution >= 4 is 11.8 Å².